The van der Waals surface area contributed by atoms with Crippen LogP contribution in [0.25, 0.3) is 0 Å². The van der Waals surface area contributed by atoms with Crippen molar-refractivity contribution in [1.82, 2.24) is 0 Å². The maximum atomic E-state index is 13.6. The predicted molar refractivity (Wildman–Crippen MR) is 117 cm³/mol. The number of rotatable bonds is 4. The van der Waals surface area contributed by atoms with Gasteiger partial charge in [0.15, 0.2) is 17.0 Å². The molecule has 0 aliphatic heterocycles. The third kappa shape index (κ3) is 3.14. The summed E-state index contributed by atoms with van der Waals surface area (Å²) in [6, 6.07) is 0. The van der Waals surface area contributed by atoms with Crippen molar-refractivity contribution in [2.75, 3.05) is 0 Å². The lowest BCUT2D eigenvalue weighted by Crippen LogP contribution is -2.65. The van der Waals surface area contributed by atoms with Crippen molar-refractivity contribution in [1.29, 1.82) is 0 Å². The van der Waals surface area contributed by atoms with Crippen LogP contribution < -0.4 is 0 Å². The number of hydrogen-bond donors (Lipinski definition) is 0. The summed E-state index contributed by atoms with van der Waals surface area (Å²) in [5, 5.41) is 0. The summed E-state index contributed by atoms with van der Waals surface area (Å²) in [6.07, 6.45) is 11.1. The SMILES string of the molecule is CC(=O)OC1(C)C=C(CC2=C[C@@]3(C)C(=O)C(C)(OC(C)=O)[C@H]2[C@@H]2CC=C[C@@H]23)C=C(C)C1=O. The number of esters is 2. The molecule has 32 heavy (non-hydrogen) atoms. The fourth-order valence-corrected chi connectivity index (χ4v) is 6.64. The minimum Gasteiger partial charge on any atom is -0.451 e. The summed E-state index contributed by atoms with van der Waals surface area (Å²) in [5.74, 6) is -1.32. The molecule has 0 aromatic carbocycles. The molecule has 170 valence electrons. The van der Waals surface area contributed by atoms with E-state index < -0.39 is 28.6 Å². The van der Waals surface area contributed by atoms with Crippen LogP contribution in [0.4, 0.5) is 0 Å². The molecule has 2 bridgehead atoms. The molecule has 6 nitrogen and oxygen atoms in total. The van der Waals surface area contributed by atoms with Gasteiger partial charge in [-0.25, -0.2) is 0 Å². The number of carbonyl (C=O) groups is 4. The van der Waals surface area contributed by atoms with E-state index in [0.717, 1.165) is 17.6 Å². The first-order valence-corrected chi connectivity index (χ1v) is 11.1. The first kappa shape index (κ1) is 22.4. The second kappa shape index (κ2) is 7.12. The Bertz CT molecular complexity index is 1060. The van der Waals surface area contributed by atoms with Crippen LogP contribution in [-0.4, -0.2) is 34.7 Å². The van der Waals surface area contributed by atoms with Crippen molar-refractivity contribution in [2.45, 2.75) is 65.6 Å². The third-order valence-electron chi connectivity index (χ3n) is 7.54. The Hall–Kier alpha value is -2.76. The average Bonchev–Trinajstić information content (AvgIpc) is 3.14. The highest BCUT2D eigenvalue weighted by Crippen LogP contribution is 2.62. The van der Waals surface area contributed by atoms with Crippen LogP contribution in [0.2, 0.25) is 0 Å². The molecule has 0 N–H and O–H groups in total. The summed E-state index contributed by atoms with van der Waals surface area (Å²) in [4.78, 5) is 49.9. The molecule has 1 fully saturated rings. The molecule has 5 aliphatic rings. The molecule has 2 unspecified atom stereocenters. The van der Waals surface area contributed by atoms with E-state index in [4.69, 9.17) is 9.47 Å². The largest absolute Gasteiger partial charge is 0.451 e. The number of hydrogen-bond acceptors (Lipinski definition) is 6. The van der Waals surface area contributed by atoms with Crippen LogP contribution in [0.3, 0.4) is 0 Å². The zero-order valence-electron chi connectivity index (χ0n) is 19.5. The van der Waals surface area contributed by atoms with Crippen LogP contribution in [-0.2, 0) is 28.7 Å². The van der Waals surface area contributed by atoms with Gasteiger partial charge in [0.05, 0.1) is 5.41 Å². The minimum atomic E-state index is -1.36. The zero-order valence-corrected chi connectivity index (χ0v) is 19.5. The van der Waals surface area contributed by atoms with Gasteiger partial charge in [0.25, 0.3) is 0 Å². The third-order valence-corrected chi connectivity index (χ3v) is 7.54. The minimum absolute atomic E-state index is 0.0639. The molecule has 6 atom stereocenters. The van der Waals surface area contributed by atoms with Crippen molar-refractivity contribution in [3.63, 3.8) is 0 Å². The first-order chi connectivity index (χ1) is 14.8. The van der Waals surface area contributed by atoms with E-state index in [1.165, 1.54) is 13.8 Å². The molecule has 6 heteroatoms. The number of ether oxygens (including phenoxy) is 2. The van der Waals surface area contributed by atoms with Crippen LogP contribution in [0.5, 0.6) is 0 Å². The fraction of sp³-hybridized carbons (Fsp3) is 0.538. The second-order valence-electron chi connectivity index (χ2n) is 10.1. The Morgan fingerprint density at radius 1 is 1.06 bits per heavy atom. The maximum absolute atomic E-state index is 13.6. The molecular weight excluding hydrogens is 408 g/mol. The van der Waals surface area contributed by atoms with Crippen molar-refractivity contribution >= 4 is 23.5 Å². The van der Waals surface area contributed by atoms with Gasteiger partial charge in [0, 0.05) is 19.8 Å². The molecular formula is C26H30O6. The van der Waals surface area contributed by atoms with E-state index in [1.807, 2.05) is 19.1 Å². The Balaban J connectivity index is 1.77. The Morgan fingerprint density at radius 3 is 2.34 bits per heavy atom. The van der Waals surface area contributed by atoms with Crippen LogP contribution in [0, 0.1) is 23.2 Å². The topological polar surface area (TPSA) is 86.7 Å². The molecule has 5 aliphatic carbocycles. The van der Waals surface area contributed by atoms with Gasteiger partial charge in [-0.3, -0.25) is 19.2 Å². The van der Waals surface area contributed by atoms with Crippen LogP contribution in [0.15, 0.2) is 47.1 Å². The fourth-order valence-electron chi connectivity index (χ4n) is 6.64. The van der Waals surface area contributed by atoms with Gasteiger partial charge in [-0.2, -0.15) is 0 Å². The standard InChI is InChI=1S/C26H30O6/c1-14-10-17(12-25(5,22(14)29)31-15(2)27)11-18-13-24(4)20-9-7-8-19(20)21(18)26(6,23(24)30)32-16(3)28/h7,9-10,12-13,19-21H,8,11H2,1-6H3/t19-,20+,21-,24-,25?,26?/m1/s1. The molecule has 0 amide bonds. The van der Waals surface area contributed by atoms with Gasteiger partial charge in [0.2, 0.25) is 5.78 Å². The molecule has 0 aromatic heterocycles. The quantitative estimate of drug-likeness (QED) is 0.490. The second-order valence-corrected chi connectivity index (χ2v) is 10.1. The number of fused-ring (bicyclic) bond motifs is 1. The van der Waals surface area contributed by atoms with E-state index in [0.29, 0.717) is 12.0 Å². The zero-order chi connectivity index (χ0) is 23.6. The van der Waals surface area contributed by atoms with Crippen LogP contribution in [0.1, 0.15) is 54.4 Å². The van der Waals surface area contributed by atoms with Crippen molar-refractivity contribution in [2.24, 2.45) is 23.2 Å². The van der Waals surface area contributed by atoms with E-state index >= 15 is 0 Å². The van der Waals surface area contributed by atoms with Gasteiger partial charge >= 0.3 is 11.9 Å². The summed E-state index contributed by atoms with van der Waals surface area (Å²) >= 11 is 0. The van der Waals surface area contributed by atoms with Crippen molar-refractivity contribution < 1.29 is 28.7 Å². The number of ketones is 2. The van der Waals surface area contributed by atoms with E-state index in [2.05, 4.69) is 12.2 Å². The lowest BCUT2D eigenvalue weighted by molar-refractivity contribution is -0.186. The Labute approximate surface area is 188 Å². The van der Waals surface area contributed by atoms with E-state index in [9.17, 15) is 19.2 Å². The molecule has 0 heterocycles. The summed E-state index contributed by atoms with van der Waals surface area (Å²) in [5.41, 5.74) is -0.984. The maximum Gasteiger partial charge on any atom is 0.303 e. The van der Waals surface area contributed by atoms with E-state index in [1.54, 1.807) is 26.8 Å². The molecule has 5 rings (SSSR count). The van der Waals surface area contributed by atoms with Gasteiger partial charge in [-0.1, -0.05) is 29.9 Å². The smallest absolute Gasteiger partial charge is 0.303 e. The average molecular weight is 439 g/mol. The highest BCUT2D eigenvalue weighted by Gasteiger charge is 2.67. The lowest BCUT2D eigenvalue weighted by atomic mass is 9.47. The first-order valence-electron chi connectivity index (χ1n) is 11.1. The van der Waals surface area contributed by atoms with Crippen molar-refractivity contribution in [3.05, 3.63) is 47.1 Å². The number of carbonyl (C=O) groups excluding carboxylic acids is 4. The normalized spacial score (nSPS) is 39.8. The Morgan fingerprint density at radius 2 is 1.72 bits per heavy atom. The monoisotopic (exact) mass is 438 g/mol. The lowest BCUT2D eigenvalue weighted by Gasteiger charge is -2.57. The summed E-state index contributed by atoms with van der Waals surface area (Å²) < 4.78 is 11.1. The van der Waals surface area contributed by atoms with Gasteiger partial charge in [0.1, 0.15) is 0 Å². The molecule has 1 saturated carbocycles. The molecule has 0 saturated heterocycles. The van der Waals surface area contributed by atoms with Gasteiger partial charge < -0.3 is 9.47 Å². The highest BCUT2D eigenvalue weighted by molar-refractivity contribution is 6.05. The number of allylic oxidation sites excluding steroid dienone is 5. The predicted octanol–water partition coefficient (Wildman–Crippen LogP) is 3.81. The van der Waals surface area contributed by atoms with Gasteiger partial charge in [-0.15, -0.1) is 0 Å². The van der Waals surface area contributed by atoms with Crippen LogP contribution >= 0.6 is 0 Å². The van der Waals surface area contributed by atoms with E-state index in [-0.39, 0.29) is 29.3 Å². The highest BCUT2D eigenvalue weighted by atomic mass is 16.6. The van der Waals surface area contributed by atoms with Gasteiger partial charge in [-0.05, 0) is 69.6 Å². The van der Waals surface area contributed by atoms with Crippen molar-refractivity contribution in [3.8, 4) is 0 Å². The molecule has 0 radical (unpaired) electrons. The number of Topliss-reactive ketones (excluding diaryl/α,β-unsaturated/α-hetero) is 2. The molecule has 0 spiro atoms. The summed E-state index contributed by atoms with van der Waals surface area (Å²) in [7, 11) is 0. The Kier molecular flexibility index (Phi) is 4.99. The summed E-state index contributed by atoms with van der Waals surface area (Å²) in [6.45, 7) is 9.60. The molecule has 0 aromatic rings.